The van der Waals surface area contributed by atoms with Crippen molar-refractivity contribution >= 4 is 5.69 Å². The number of anilines is 1. The second-order valence-electron chi connectivity index (χ2n) is 6.20. The maximum Gasteiger partial charge on any atom is 0.0659 e. The zero-order valence-electron chi connectivity index (χ0n) is 14.3. The molecule has 1 heterocycles. The Hall–Kier alpha value is -2.59. The fourth-order valence-electron chi connectivity index (χ4n) is 2.65. The topological polar surface area (TPSA) is 33.1 Å². The highest BCUT2D eigenvalue weighted by Gasteiger charge is 2.01. The Balaban J connectivity index is 1.51. The van der Waals surface area contributed by atoms with Gasteiger partial charge < -0.3 is 10.2 Å². The molecular formula is C20H24N4. The van der Waals surface area contributed by atoms with Gasteiger partial charge in [-0.3, -0.25) is 4.68 Å². The van der Waals surface area contributed by atoms with Crippen LogP contribution in [0.15, 0.2) is 67.0 Å². The normalized spacial score (nSPS) is 10.8. The van der Waals surface area contributed by atoms with Gasteiger partial charge in [-0.15, -0.1) is 0 Å². The second-order valence-corrected chi connectivity index (χ2v) is 6.20. The minimum absolute atomic E-state index is 0.811. The monoisotopic (exact) mass is 320 g/mol. The SMILES string of the molecule is CN(C)c1cccc(CNCc2cnn(Cc3ccccc3)c2)c1. The average molecular weight is 320 g/mol. The third-order valence-corrected chi connectivity index (χ3v) is 3.96. The Labute approximate surface area is 143 Å². The molecule has 0 radical (unpaired) electrons. The van der Waals surface area contributed by atoms with Gasteiger partial charge in [-0.1, -0.05) is 42.5 Å². The molecule has 1 aromatic heterocycles. The first-order valence-corrected chi connectivity index (χ1v) is 8.23. The summed E-state index contributed by atoms with van der Waals surface area (Å²) in [4.78, 5) is 2.12. The number of rotatable bonds is 7. The van der Waals surface area contributed by atoms with Crippen molar-refractivity contribution in [1.82, 2.24) is 15.1 Å². The molecule has 0 amide bonds. The van der Waals surface area contributed by atoms with E-state index in [2.05, 4.69) is 84.1 Å². The van der Waals surface area contributed by atoms with Crippen molar-refractivity contribution in [2.45, 2.75) is 19.6 Å². The molecule has 0 saturated carbocycles. The largest absolute Gasteiger partial charge is 0.378 e. The summed E-state index contributed by atoms with van der Waals surface area (Å²) in [5.74, 6) is 0. The van der Waals surface area contributed by atoms with Gasteiger partial charge >= 0.3 is 0 Å². The van der Waals surface area contributed by atoms with E-state index in [0.29, 0.717) is 0 Å². The van der Waals surface area contributed by atoms with Gasteiger partial charge in [-0.2, -0.15) is 5.10 Å². The summed E-state index contributed by atoms with van der Waals surface area (Å²) in [6.45, 7) is 2.48. The maximum atomic E-state index is 4.44. The number of benzene rings is 2. The molecule has 4 heteroatoms. The molecule has 0 atom stereocenters. The zero-order chi connectivity index (χ0) is 16.8. The Kier molecular flexibility index (Phi) is 5.29. The molecule has 0 bridgehead atoms. The van der Waals surface area contributed by atoms with Crippen LogP contribution in [0.4, 0.5) is 5.69 Å². The van der Waals surface area contributed by atoms with Crippen molar-refractivity contribution < 1.29 is 0 Å². The maximum absolute atomic E-state index is 4.44. The predicted octanol–water partition coefficient (Wildman–Crippen LogP) is 3.29. The molecule has 24 heavy (non-hydrogen) atoms. The summed E-state index contributed by atoms with van der Waals surface area (Å²) in [6.07, 6.45) is 4.04. The molecule has 0 aliphatic rings. The first-order valence-electron chi connectivity index (χ1n) is 8.23. The first kappa shape index (κ1) is 16.3. The molecule has 0 spiro atoms. The highest BCUT2D eigenvalue weighted by atomic mass is 15.3. The molecule has 0 aliphatic heterocycles. The number of hydrogen-bond acceptors (Lipinski definition) is 3. The van der Waals surface area contributed by atoms with Gasteiger partial charge in [0.1, 0.15) is 0 Å². The van der Waals surface area contributed by atoms with Crippen molar-refractivity contribution in [3.8, 4) is 0 Å². The molecule has 3 rings (SSSR count). The minimum Gasteiger partial charge on any atom is -0.378 e. The van der Waals surface area contributed by atoms with Crippen LogP contribution in [-0.4, -0.2) is 23.9 Å². The predicted molar refractivity (Wildman–Crippen MR) is 99.1 cm³/mol. The Bertz CT molecular complexity index is 762. The lowest BCUT2D eigenvalue weighted by Crippen LogP contribution is -2.13. The van der Waals surface area contributed by atoms with Crippen LogP contribution in [0.1, 0.15) is 16.7 Å². The summed E-state index contributed by atoms with van der Waals surface area (Å²) < 4.78 is 1.99. The van der Waals surface area contributed by atoms with Crippen LogP contribution in [0.2, 0.25) is 0 Å². The molecular weight excluding hydrogens is 296 g/mol. The minimum atomic E-state index is 0.811. The zero-order valence-corrected chi connectivity index (χ0v) is 14.3. The summed E-state index contributed by atoms with van der Waals surface area (Å²) in [5.41, 5.74) is 4.98. The third kappa shape index (κ3) is 4.46. The lowest BCUT2D eigenvalue weighted by atomic mass is 10.2. The molecule has 124 valence electrons. The van der Waals surface area contributed by atoms with Gasteiger partial charge in [0.2, 0.25) is 0 Å². The third-order valence-electron chi connectivity index (χ3n) is 3.96. The Morgan fingerprint density at radius 2 is 1.67 bits per heavy atom. The fraction of sp³-hybridized carbons (Fsp3) is 0.250. The lowest BCUT2D eigenvalue weighted by Gasteiger charge is -2.13. The van der Waals surface area contributed by atoms with E-state index in [1.165, 1.54) is 22.4 Å². The van der Waals surface area contributed by atoms with Crippen LogP contribution in [0.5, 0.6) is 0 Å². The van der Waals surface area contributed by atoms with Gasteiger partial charge in [-0.25, -0.2) is 0 Å². The van der Waals surface area contributed by atoms with E-state index in [9.17, 15) is 0 Å². The number of aromatic nitrogens is 2. The smallest absolute Gasteiger partial charge is 0.0659 e. The molecule has 0 aliphatic carbocycles. The van der Waals surface area contributed by atoms with Crippen LogP contribution < -0.4 is 10.2 Å². The summed E-state index contributed by atoms with van der Waals surface area (Å²) in [7, 11) is 4.13. The molecule has 1 N–H and O–H groups in total. The van der Waals surface area contributed by atoms with E-state index < -0.39 is 0 Å². The molecule has 0 saturated heterocycles. The Morgan fingerprint density at radius 3 is 2.46 bits per heavy atom. The van der Waals surface area contributed by atoms with Crippen LogP contribution in [0.25, 0.3) is 0 Å². The van der Waals surface area contributed by atoms with Gasteiger partial charge in [0.25, 0.3) is 0 Å². The van der Waals surface area contributed by atoms with Crippen molar-refractivity contribution in [2.75, 3.05) is 19.0 Å². The van der Waals surface area contributed by atoms with E-state index in [1.807, 2.05) is 16.9 Å². The first-order chi connectivity index (χ1) is 11.7. The van der Waals surface area contributed by atoms with E-state index >= 15 is 0 Å². The quantitative estimate of drug-likeness (QED) is 0.725. The van der Waals surface area contributed by atoms with Gasteiger partial charge in [0.15, 0.2) is 0 Å². The highest BCUT2D eigenvalue weighted by Crippen LogP contribution is 2.13. The number of nitrogens with zero attached hydrogens (tertiary/aromatic N) is 3. The van der Waals surface area contributed by atoms with Crippen molar-refractivity contribution in [3.05, 3.63) is 83.7 Å². The van der Waals surface area contributed by atoms with E-state index in [-0.39, 0.29) is 0 Å². The average Bonchev–Trinajstić information content (AvgIpc) is 3.03. The van der Waals surface area contributed by atoms with E-state index in [4.69, 9.17) is 0 Å². The molecule has 3 aromatic rings. The molecule has 0 unspecified atom stereocenters. The van der Waals surface area contributed by atoms with Crippen LogP contribution in [0, 0.1) is 0 Å². The van der Waals surface area contributed by atoms with Crippen LogP contribution in [-0.2, 0) is 19.6 Å². The van der Waals surface area contributed by atoms with E-state index in [1.54, 1.807) is 0 Å². The lowest BCUT2D eigenvalue weighted by molar-refractivity contribution is 0.677. The van der Waals surface area contributed by atoms with E-state index in [0.717, 1.165) is 19.6 Å². The Morgan fingerprint density at radius 1 is 0.917 bits per heavy atom. The highest BCUT2D eigenvalue weighted by molar-refractivity contribution is 5.47. The fourth-order valence-corrected chi connectivity index (χ4v) is 2.65. The standard InChI is InChI=1S/C20H24N4/c1-23(2)20-10-6-9-18(11-20)12-21-13-19-14-22-24(16-19)15-17-7-4-3-5-8-17/h3-11,14,16,21H,12-13,15H2,1-2H3. The summed E-state index contributed by atoms with van der Waals surface area (Å²) in [5, 5.41) is 7.93. The second kappa shape index (κ2) is 7.79. The van der Waals surface area contributed by atoms with Gasteiger partial charge in [0, 0.05) is 44.6 Å². The number of nitrogens with one attached hydrogen (secondary N) is 1. The summed E-state index contributed by atoms with van der Waals surface area (Å²) >= 11 is 0. The van der Waals surface area contributed by atoms with Crippen molar-refractivity contribution in [3.63, 3.8) is 0 Å². The van der Waals surface area contributed by atoms with Gasteiger partial charge in [-0.05, 0) is 23.3 Å². The van der Waals surface area contributed by atoms with Crippen molar-refractivity contribution in [1.29, 1.82) is 0 Å². The van der Waals surface area contributed by atoms with Crippen LogP contribution >= 0.6 is 0 Å². The van der Waals surface area contributed by atoms with Gasteiger partial charge in [0.05, 0.1) is 12.7 Å². The summed E-state index contributed by atoms with van der Waals surface area (Å²) in [6, 6.07) is 19.0. The van der Waals surface area contributed by atoms with Crippen molar-refractivity contribution in [2.24, 2.45) is 0 Å². The molecule has 2 aromatic carbocycles. The number of hydrogen-bond donors (Lipinski definition) is 1. The molecule has 4 nitrogen and oxygen atoms in total. The van der Waals surface area contributed by atoms with Crippen LogP contribution in [0.3, 0.4) is 0 Å². The molecule has 0 fully saturated rings.